The number of fused-ring (bicyclic) bond motifs is 1. The summed E-state index contributed by atoms with van der Waals surface area (Å²) in [5, 5.41) is 6.87. The summed E-state index contributed by atoms with van der Waals surface area (Å²) in [6, 6.07) is 6.45. The highest BCUT2D eigenvalue weighted by atomic mass is 15.1. The van der Waals surface area contributed by atoms with Crippen LogP contribution in [0.5, 0.6) is 0 Å². The second-order valence-corrected chi connectivity index (χ2v) is 3.82. The molecule has 0 bridgehead atoms. The third kappa shape index (κ3) is 1.52. The molecule has 3 rings (SSSR count). The van der Waals surface area contributed by atoms with Gasteiger partial charge in [-0.2, -0.15) is 0 Å². The Hall–Kier alpha value is -1.39. The molecule has 78 valence electrons. The third-order valence-electron chi connectivity index (χ3n) is 2.84. The van der Waals surface area contributed by atoms with Crippen LogP contribution in [0.15, 0.2) is 30.6 Å². The van der Waals surface area contributed by atoms with Crippen LogP contribution >= 0.6 is 0 Å². The lowest BCUT2D eigenvalue weighted by atomic mass is 10.2. The summed E-state index contributed by atoms with van der Waals surface area (Å²) in [6.45, 7) is 3.04. The lowest BCUT2D eigenvalue weighted by molar-refractivity contribution is 0.421. The van der Waals surface area contributed by atoms with Crippen LogP contribution in [0.25, 0.3) is 5.65 Å². The first-order valence-corrected chi connectivity index (χ1v) is 5.31. The molecule has 0 saturated carbocycles. The van der Waals surface area contributed by atoms with Crippen molar-refractivity contribution in [3.05, 3.63) is 36.3 Å². The van der Waals surface area contributed by atoms with Gasteiger partial charge in [0.2, 0.25) is 0 Å². The first-order chi connectivity index (χ1) is 7.45. The highest BCUT2D eigenvalue weighted by Crippen LogP contribution is 2.15. The summed E-state index contributed by atoms with van der Waals surface area (Å²) >= 11 is 0. The molecule has 0 radical (unpaired) electrons. The van der Waals surface area contributed by atoms with Gasteiger partial charge in [-0.15, -0.1) is 0 Å². The van der Waals surface area contributed by atoms with E-state index in [1.165, 1.54) is 5.69 Å². The molecule has 4 nitrogen and oxygen atoms in total. The van der Waals surface area contributed by atoms with Crippen LogP contribution in [0, 0.1) is 0 Å². The number of pyridine rings is 1. The van der Waals surface area contributed by atoms with E-state index in [0.29, 0.717) is 6.04 Å². The Bertz CT molecular complexity index is 456. The van der Waals surface area contributed by atoms with Crippen LogP contribution in [-0.4, -0.2) is 29.0 Å². The maximum atomic E-state index is 4.39. The normalized spacial score (nSPS) is 22.0. The Morgan fingerprint density at radius 1 is 1.33 bits per heavy atom. The fraction of sp³-hybridized carbons (Fsp3) is 0.364. The van der Waals surface area contributed by atoms with E-state index in [1.54, 1.807) is 0 Å². The van der Waals surface area contributed by atoms with Crippen molar-refractivity contribution < 1.29 is 0 Å². The number of nitrogens with zero attached hydrogens (tertiary/aromatic N) is 2. The first-order valence-electron chi connectivity index (χ1n) is 5.31. The van der Waals surface area contributed by atoms with Crippen LogP contribution < -0.4 is 10.6 Å². The lowest BCUT2D eigenvalue weighted by Gasteiger charge is -2.24. The van der Waals surface area contributed by atoms with Crippen molar-refractivity contribution in [1.82, 2.24) is 20.0 Å². The summed E-state index contributed by atoms with van der Waals surface area (Å²) in [5.74, 6) is 0. The Kier molecular flexibility index (Phi) is 2.16. The van der Waals surface area contributed by atoms with E-state index in [0.717, 1.165) is 25.3 Å². The van der Waals surface area contributed by atoms with Crippen LogP contribution in [0.2, 0.25) is 0 Å². The molecule has 1 fully saturated rings. The number of piperazine rings is 1. The lowest BCUT2D eigenvalue weighted by Crippen LogP contribution is -2.43. The smallest absolute Gasteiger partial charge is 0.136 e. The minimum atomic E-state index is 0.371. The topological polar surface area (TPSA) is 41.4 Å². The van der Waals surface area contributed by atoms with Gasteiger partial charge in [0.15, 0.2) is 0 Å². The summed E-state index contributed by atoms with van der Waals surface area (Å²) in [7, 11) is 0. The molecule has 3 heterocycles. The minimum Gasteiger partial charge on any atom is -0.314 e. The Balaban J connectivity index is 2.02. The second-order valence-electron chi connectivity index (χ2n) is 3.82. The third-order valence-corrected chi connectivity index (χ3v) is 2.84. The van der Waals surface area contributed by atoms with E-state index in [4.69, 9.17) is 0 Å². The quantitative estimate of drug-likeness (QED) is 0.710. The summed E-state index contributed by atoms with van der Waals surface area (Å²) in [4.78, 5) is 4.39. The van der Waals surface area contributed by atoms with Gasteiger partial charge in [-0.1, -0.05) is 6.07 Å². The van der Waals surface area contributed by atoms with Crippen molar-refractivity contribution in [2.75, 3.05) is 19.6 Å². The molecular formula is C11H14N4. The van der Waals surface area contributed by atoms with Gasteiger partial charge in [0.05, 0.1) is 17.9 Å². The standard InChI is InChI=1S/C11H14N4/c1-2-6-15-10(8-14-11(15)3-1)9-7-12-4-5-13-9/h1-3,6,8-9,12-13H,4-5,7H2. The van der Waals surface area contributed by atoms with E-state index in [9.17, 15) is 0 Å². The van der Waals surface area contributed by atoms with Gasteiger partial charge in [0.25, 0.3) is 0 Å². The largest absolute Gasteiger partial charge is 0.314 e. The molecule has 2 aromatic heterocycles. The minimum absolute atomic E-state index is 0.371. The highest BCUT2D eigenvalue weighted by molar-refractivity contribution is 5.40. The average molecular weight is 202 g/mol. The zero-order valence-corrected chi connectivity index (χ0v) is 8.48. The maximum Gasteiger partial charge on any atom is 0.136 e. The monoisotopic (exact) mass is 202 g/mol. The average Bonchev–Trinajstić information content (AvgIpc) is 2.74. The molecule has 1 atom stereocenters. The maximum absolute atomic E-state index is 4.39. The summed E-state index contributed by atoms with van der Waals surface area (Å²) in [6.07, 6.45) is 4.02. The Morgan fingerprint density at radius 2 is 2.33 bits per heavy atom. The molecule has 0 aromatic carbocycles. The van der Waals surface area contributed by atoms with Crippen LogP contribution in [0.3, 0.4) is 0 Å². The van der Waals surface area contributed by atoms with Gasteiger partial charge < -0.3 is 15.0 Å². The van der Waals surface area contributed by atoms with Crippen molar-refractivity contribution in [3.8, 4) is 0 Å². The fourth-order valence-electron chi connectivity index (χ4n) is 2.07. The molecule has 2 aromatic rings. The first kappa shape index (κ1) is 8.88. The molecular weight excluding hydrogens is 188 g/mol. The molecule has 4 heteroatoms. The van der Waals surface area contributed by atoms with Gasteiger partial charge >= 0.3 is 0 Å². The van der Waals surface area contributed by atoms with Crippen molar-refractivity contribution >= 4 is 5.65 Å². The molecule has 15 heavy (non-hydrogen) atoms. The zero-order valence-electron chi connectivity index (χ0n) is 8.48. The van der Waals surface area contributed by atoms with Gasteiger partial charge in [0, 0.05) is 25.8 Å². The van der Waals surface area contributed by atoms with Gasteiger partial charge in [0.1, 0.15) is 5.65 Å². The molecule has 2 N–H and O–H groups in total. The van der Waals surface area contributed by atoms with E-state index < -0.39 is 0 Å². The molecule has 1 unspecified atom stereocenters. The molecule has 1 saturated heterocycles. The van der Waals surface area contributed by atoms with Crippen LogP contribution in [0.1, 0.15) is 11.7 Å². The molecule has 0 spiro atoms. The van der Waals surface area contributed by atoms with E-state index in [1.807, 2.05) is 24.4 Å². The second kappa shape index (κ2) is 3.64. The Labute approximate surface area is 88.3 Å². The highest BCUT2D eigenvalue weighted by Gasteiger charge is 2.17. The number of rotatable bonds is 1. The number of hydrogen-bond donors (Lipinski definition) is 2. The van der Waals surface area contributed by atoms with Crippen molar-refractivity contribution in [3.63, 3.8) is 0 Å². The Morgan fingerprint density at radius 3 is 3.20 bits per heavy atom. The number of hydrogen-bond acceptors (Lipinski definition) is 3. The van der Waals surface area contributed by atoms with E-state index in [-0.39, 0.29) is 0 Å². The molecule has 1 aliphatic heterocycles. The van der Waals surface area contributed by atoms with Crippen LogP contribution in [-0.2, 0) is 0 Å². The number of nitrogens with one attached hydrogen (secondary N) is 2. The molecule has 1 aliphatic rings. The van der Waals surface area contributed by atoms with Crippen LogP contribution in [0.4, 0.5) is 0 Å². The summed E-state index contributed by atoms with van der Waals surface area (Å²) < 4.78 is 2.14. The van der Waals surface area contributed by atoms with Crippen molar-refractivity contribution in [2.24, 2.45) is 0 Å². The molecule has 0 aliphatic carbocycles. The number of aromatic nitrogens is 2. The van der Waals surface area contributed by atoms with Gasteiger partial charge in [-0.25, -0.2) is 4.98 Å². The molecule has 0 amide bonds. The van der Waals surface area contributed by atoms with E-state index >= 15 is 0 Å². The SMILES string of the molecule is c1ccn2c(C3CNCCN3)cnc2c1. The van der Waals surface area contributed by atoms with Gasteiger partial charge in [-0.05, 0) is 12.1 Å². The van der Waals surface area contributed by atoms with E-state index in [2.05, 4.69) is 26.2 Å². The van der Waals surface area contributed by atoms with Crippen molar-refractivity contribution in [1.29, 1.82) is 0 Å². The predicted octanol–water partition coefficient (Wildman–Crippen LogP) is 0.568. The summed E-state index contributed by atoms with van der Waals surface area (Å²) in [5.41, 5.74) is 2.25. The van der Waals surface area contributed by atoms with Crippen molar-refractivity contribution in [2.45, 2.75) is 6.04 Å². The fourth-order valence-corrected chi connectivity index (χ4v) is 2.07. The predicted molar refractivity (Wildman–Crippen MR) is 58.8 cm³/mol. The zero-order chi connectivity index (χ0) is 10.1. The van der Waals surface area contributed by atoms with Gasteiger partial charge in [-0.3, -0.25) is 0 Å². The number of imidazole rings is 1.